The molecule has 6 fully saturated rings. The first kappa shape index (κ1) is 34.0. The van der Waals surface area contributed by atoms with E-state index in [0.717, 1.165) is 51.4 Å². The molecule has 0 amide bonds. The topological polar surface area (TPSA) is 87.0 Å². The fourth-order valence-corrected chi connectivity index (χ4v) is 14.6. The number of ether oxygens (including phenoxy) is 1. The largest absolute Gasteiger partial charge is 0.481 e. The van der Waals surface area contributed by atoms with Gasteiger partial charge in [0.1, 0.15) is 0 Å². The zero-order valence-electron chi connectivity index (χ0n) is 30.3. The molecule has 7 rings (SSSR count). The van der Waals surface area contributed by atoms with Crippen LogP contribution >= 0.6 is 0 Å². The molecule has 1 spiro atoms. The van der Waals surface area contributed by atoms with Crippen LogP contribution in [0.5, 0.6) is 0 Å². The number of aliphatic hydroxyl groups excluding tert-OH is 1. The van der Waals surface area contributed by atoms with Gasteiger partial charge < -0.3 is 20.1 Å². The van der Waals surface area contributed by atoms with Gasteiger partial charge in [-0.15, -0.1) is 0 Å². The van der Waals surface area contributed by atoms with Crippen LogP contribution < -0.4 is 0 Å². The van der Waals surface area contributed by atoms with Gasteiger partial charge in [0.15, 0.2) is 5.79 Å². The lowest BCUT2D eigenvalue weighted by molar-refractivity contribution is -0.291. The molecule has 1 aromatic carbocycles. The third-order valence-corrected chi connectivity index (χ3v) is 17.2. The number of carboxylic acids is 1. The molecule has 47 heavy (non-hydrogen) atoms. The lowest BCUT2D eigenvalue weighted by Gasteiger charge is -2.76. The first-order chi connectivity index (χ1) is 22.1. The van der Waals surface area contributed by atoms with Crippen molar-refractivity contribution in [2.75, 3.05) is 0 Å². The van der Waals surface area contributed by atoms with Crippen LogP contribution in [0, 0.1) is 56.2 Å². The normalized spacial score (nSPS) is 51.7. The highest BCUT2D eigenvalue weighted by atomic mass is 16.6. The highest BCUT2D eigenvalue weighted by molar-refractivity contribution is 5.74. The number of unbranched alkanes of at least 4 members (excludes halogenated alkanes) is 3. The summed E-state index contributed by atoms with van der Waals surface area (Å²) in [7, 11) is 0. The molecule has 6 aliphatic rings. The summed E-state index contributed by atoms with van der Waals surface area (Å²) in [5, 5.41) is 34.7. The number of hydrogen-bond donors (Lipinski definition) is 3. The van der Waals surface area contributed by atoms with Crippen molar-refractivity contribution in [3.8, 4) is 0 Å². The Bertz CT molecular complexity index is 1350. The van der Waals surface area contributed by atoms with Crippen LogP contribution in [-0.2, 0) is 16.0 Å². The van der Waals surface area contributed by atoms with E-state index in [0.29, 0.717) is 18.3 Å². The molecule has 5 saturated carbocycles. The van der Waals surface area contributed by atoms with Crippen LogP contribution in [-0.4, -0.2) is 39.3 Å². The van der Waals surface area contributed by atoms with Crippen LogP contribution in [0.4, 0.5) is 0 Å². The smallest absolute Gasteiger partial charge is 0.309 e. The zero-order valence-corrected chi connectivity index (χ0v) is 30.3. The van der Waals surface area contributed by atoms with Gasteiger partial charge in [-0.25, -0.2) is 0 Å². The van der Waals surface area contributed by atoms with Crippen molar-refractivity contribution in [1.29, 1.82) is 0 Å². The third kappa shape index (κ3) is 4.60. The SMILES string of the molecule is CCCCCCC12CCC3(C)C4C(O)CC5(O)OC(Cc6ccccc6)C4(CCC3C1(C)CCC1(C)CCC(C)(C(=O)O)CC12)C5C. The Morgan fingerprint density at radius 1 is 0.894 bits per heavy atom. The third-order valence-electron chi connectivity index (χ3n) is 17.2. The molecule has 5 heteroatoms. The Kier molecular flexibility index (Phi) is 8.18. The summed E-state index contributed by atoms with van der Waals surface area (Å²) in [6, 6.07) is 10.6. The number of fused-ring (bicyclic) bond motifs is 7. The van der Waals surface area contributed by atoms with Crippen LogP contribution in [0.3, 0.4) is 0 Å². The van der Waals surface area contributed by atoms with Crippen LogP contribution in [0.2, 0.25) is 0 Å². The Labute approximate surface area is 284 Å². The molecule has 3 N–H and O–H groups in total. The maximum Gasteiger partial charge on any atom is 0.309 e. The predicted molar refractivity (Wildman–Crippen MR) is 185 cm³/mol. The molecule has 1 saturated heterocycles. The molecule has 262 valence electrons. The maximum atomic E-state index is 12.8. The molecule has 1 aromatic rings. The van der Waals surface area contributed by atoms with Crippen LogP contribution in [0.1, 0.15) is 143 Å². The molecule has 5 aliphatic carbocycles. The summed E-state index contributed by atoms with van der Waals surface area (Å²) in [6.45, 7) is 14.2. The van der Waals surface area contributed by atoms with Gasteiger partial charge in [0, 0.05) is 17.8 Å². The molecule has 0 radical (unpaired) electrons. The summed E-state index contributed by atoms with van der Waals surface area (Å²) in [4.78, 5) is 12.8. The van der Waals surface area contributed by atoms with E-state index in [-0.39, 0.29) is 45.0 Å². The molecule has 5 nitrogen and oxygen atoms in total. The zero-order chi connectivity index (χ0) is 33.7. The summed E-state index contributed by atoms with van der Waals surface area (Å²) in [5.41, 5.74) is 0.625. The second-order valence-electron chi connectivity index (χ2n) is 19.0. The van der Waals surface area contributed by atoms with Crippen molar-refractivity contribution in [3.63, 3.8) is 0 Å². The van der Waals surface area contributed by atoms with Crippen molar-refractivity contribution in [2.45, 2.75) is 162 Å². The second-order valence-corrected chi connectivity index (χ2v) is 19.0. The van der Waals surface area contributed by atoms with Gasteiger partial charge in [0.05, 0.1) is 17.6 Å². The Balaban J connectivity index is 1.31. The van der Waals surface area contributed by atoms with Gasteiger partial charge >= 0.3 is 5.97 Å². The van der Waals surface area contributed by atoms with Crippen molar-refractivity contribution in [1.82, 2.24) is 0 Å². The lowest BCUT2D eigenvalue weighted by atomic mass is 9.28. The van der Waals surface area contributed by atoms with Crippen molar-refractivity contribution < 1.29 is 24.9 Å². The van der Waals surface area contributed by atoms with Crippen LogP contribution in [0.15, 0.2) is 30.3 Å². The average molecular weight is 649 g/mol. The van der Waals surface area contributed by atoms with Crippen LogP contribution in [0.25, 0.3) is 0 Å². The molecule has 2 bridgehead atoms. The Morgan fingerprint density at radius 3 is 2.32 bits per heavy atom. The summed E-state index contributed by atoms with van der Waals surface area (Å²) < 4.78 is 6.74. The number of carboxylic acid groups (broad SMARTS) is 1. The van der Waals surface area contributed by atoms with Crippen molar-refractivity contribution >= 4 is 5.97 Å². The standard InChI is InChI=1S/C42H64O5/c1-7-8-9-13-17-40-24-22-38(5)31(39(40,6)23-21-36(3)19-20-37(4,35(44)45)27-32(36)40)16-18-41-28(2)42(46,26-30(43)34(38)41)47-33(41)25-29-14-11-10-12-15-29/h10-12,14-15,28,30-34,43,46H,7-9,13,16-27H2,1-6H3,(H,44,45). The van der Waals surface area contributed by atoms with E-state index in [1.165, 1.54) is 50.5 Å². The first-order valence-corrected chi connectivity index (χ1v) is 19.5. The number of aliphatic hydroxyl groups is 2. The number of carbonyl (C=O) groups is 1. The highest BCUT2D eigenvalue weighted by Gasteiger charge is 2.78. The fraction of sp³-hybridized carbons (Fsp3) is 0.833. The minimum atomic E-state index is -1.28. The molecule has 13 atom stereocenters. The summed E-state index contributed by atoms with van der Waals surface area (Å²) in [5.74, 6) is -0.987. The van der Waals surface area contributed by atoms with Gasteiger partial charge in [-0.2, -0.15) is 0 Å². The predicted octanol–water partition coefficient (Wildman–Crippen LogP) is 9.18. The minimum Gasteiger partial charge on any atom is -0.481 e. The number of hydrogen-bond acceptors (Lipinski definition) is 4. The maximum absolute atomic E-state index is 12.8. The number of aliphatic carboxylic acids is 1. The van der Waals surface area contributed by atoms with E-state index in [1.54, 1.807) is 0 Å². The van der Waals surface area contributed by atoms with Gasteiger partial charge in [-0.3, -0.25) is 4.79 Å². The van der Waals surface area contributed by atoms with E-state index < -0.39 is 23.3 Å². The van der Waals surface area contributed by atoms with Gasteiger partial charge in [-0.05, 0) is 123 Å². The summed E-state index contributed by atoms with van der Waals surface area (Å²) >= 11 is 0. The average Bonchev–Trinajstić information content (AvgIpc) is 3.14. The monoisotopic (exact) mass is 648 g/mol. The van der Waals surface area contributed by atoms with Crippen molar-refractivity contribution in [3.05, 3.63) is 35.9 Å². The molecule has 1 aliphatic heterocycles. The molecule has 0 aromatic heterocycles. The Hall–Kier alpha value is -1.43. The van der Waals surface area contributed by atoms with E-state index in [1.807, 2.05) is 6.92 Å². The van der Waals surface area contributed by atoms with Gasteiger partial charge in [0.2, 0.25) is 0 Å². The minimum absolute atomic E-state index is 0.0345. The molecule has 13 unspecified atom stereocenters. The lowest BCUT2D eigenvalue weighted by Crippen LogP contribution is -2.71. The van der Waals surface area contributed by atoms with E-state index in [4.69, 9.17) is 4.74 Å². The number of benzene rings is 1. The van der Waals surface area contributed by atoms with Gasteiger partial charge in [-0.1, -0.05) is 90.6 Å². The quantitative estimate of drug-likeness (QED) is 0.245. The van der Waals surface area contributed by atoms with E-state index in [2.05, 4.69) is 65.0 Å². The van der Waals surface area contributed by atoms with E-state index >= 15 is 0 Å². The number of rotatable bonds is 8. The van der Waals surface area contributed by atoms with Crippen molar-refractivity contribution in [2.24, 2.45) is 56.2 Å². The molecular formula is C42H64O5. The molecule has 1 heterocycles. The van der Waals surface area contributed by atoms with E-state index in [9.17, 15) is 20.1 Å². The first-order valence-electron chi connectivity index (χ1n) is 19.5. The second kappa shape index (κ2) is 11.3. The fourth-order valence-electron chi connectivity index (χ4n) is 14.6. The van der Waals surface area contributed by atoms with Gasteiger partial charge in [0.25, 0.3) is 0 Å². The Morgan fingerprint density at radius 2 is 1.62 bits per heavy atom. The highest BCUT2D eigenvalue weighted by Crippen LogP contribution is 2.81. The molecular weight excluding hydrogens is 584 g/mol. The summed E-state index contributed by atoms with van der Waals surface area (Å²) in [6.07, 6.45) is 15.8.